The molecule has 0 unspecified atom stereocenters. The topological polar surface area (TPSA) is 58.4 Å². The Morgan fingerprint density at radius 2 is 2.29 bits per heavy atom. The first-order valence-electron chi connectivity index (χ1n) is 8.58. The van der Waals surface area contributed by atoms with E-state index in [9.17, 15) is 4.79 Å². The molecule has 1 N–H and O–H groups in total. The van der Waals surface area contributed by atoms with Gasteiger partial charge in [-0.25, -0.2) is 0 Å². The standard InChI is InChI=1S/C19H25N3O2/c1-14-7-9-22(17(10-14)18-6-5-15(2)24-18)13-19(23)21-12-16-4-3-8-20-11-16/h3-6,8,11,14,17H,7,9-10,12-13H2,1-2H3,(H,21,23)/t14-,17+/m1/s1. The lowest BCUT2D eigenvalue weighted by Crippen LogP contribution is -2.42. The third-order valence-corrected chi connectivity index (χ3v) is 4.62. The molecule has 0 spiro atoms. The van der Waals surface area contributed by atoms with Crippen LogP contribution >= 0.6 is 0 Å². The van der Waals surface area contributed by atoms with E-state index in [0.717, 1.165) is 36.5 Å². The summed E-state index contributed by atoms with van der Waals surface area (Å²) in [7, 11) is 0. The van der Waals surface area contributed by atoms with Crippen LogP contribution in [0.4, 0.5) is 0 Å². The van der Waals surface area contributed by atoms with Crippen molar-refractivity contribution in [2.45, 2.75) is 39.3 Å². The Kier molecular flexibility index (Phi) is 5.30. The van der Waals surface area contributed by atoms with Gasteiger partial charge in [0.25, 0.3) is 0 Å². The largest absolute Gasteiger partial charge is 0.465 e. The Balaban J connectivity index is 1.60. The molecule has 2 aromatic rings. The van der Waals surface area contributed by atoms with E-state index in [-0.39, 0.29) is 11.9 Å². The van der Waals surface area contributed by atoms with Gasteiger partial charge in [0.2, 0.25) is 5.91 Å². The van der Waals surface area contributed by atoms with Gasteiger partial charge in [-0.05, 0) is 56.0 Å². The number of nitrogens with one attached hydrogen (secondary N) is 1. The summed E-state index contributed by atoms with van der Waals surface area (Å²) in [6, 6.07) is 8.06. The molecule has 1 saturated heterocycles. The van der Waals surface area contributed by atoms with E-state index < -0.39 is 0 Å². The van der Waals surface area contributed by atoms with Crippen LogP contribution in [0.2, 0.25) is 0 Å². The summed E-state index contributed by atoms with van der Waals surface area (Å²) in [5.41, 5.74) is 1.01. The molecule has 0 saturated carbocycles. The van der Waals surface area contributed by atoms with E-state index in [1.54, 1.807) is 12.4 Å². The molecule has 0 aliphatic carbocycles. The van der Waals surface area contributed by atoms with Gasteiger partial charge in [0, 0.05) is 18.9 Å². The van der Waals surface area contributed by atoms with Gasteiger partial charge < -0.3 is 9.73 Å². The predicted octanol–water partition coefficient (Wildman–Crippen LogP) is 3.07. The van der Waals surface area contributed by atoms with Crippen LogP contribution in [0.15, 0.2) is 41.1 Å². The zero-order valence-electron chi connectivity index (χ0n) is 14.4. The molecular weight excluding hydrogens is 302 g/mol. The second-order valence-corrected chi connectivity index (χ2v) is 6.70. The molecule has 1 amide bonds. The monoisotopic (exact) mass is 327 g/mol. The number of hydrogen-bond acceptors (Lipinski definition) is 4. The van der Waals surface area contributed by atoms with Crippen molar-refractivity contribution in [3.05, 3.63) is 53.7 Å². The molecule has 3 rings (SSSR count). The van der Waals surface area contributed by atoms with E-state index in [4.69, 9.17) is 4.42 Å². The van der Waals surface area contributed by atoms with Crippen LogP contribution in [0.25, 0.3) is 0 Å². The first-order valence-corrected chi connectivity index (χ1v) is 8.58. The lowest BCUT2D eigenvalue weighted by Gasteiger charge is -2.36. The SMILES string of the molecule is Cc1ccc([C@@H]2C[C@H](C)CCN2CC(=O)NCc2cccnc2)o1. The van der Waals surface area contributed by atoms with Crippen LogP contribution < -0.4 is 5.32 Å². The van der Waals surface area contributed by atoms with Gasteiger partial charge in [-0.3, -0.25) is 14.7 Å². The fraction of sp³-hybridized carbons (Fsp3) is 0.474. The molecular formula is C19H25N3O2. The number of aromatic nitrogens is 1. The van der Waals surface area contributed by atoms with Gasteiger partial charge in [-0.15, -0.1) is 0 Å². The molecule has 3 heterocycles. The number of likely N-dealkylation sites (tertiary alicyclic amines) is 1. The third kappa shape index (κ3) is 4.23. The summed E-state index contributed by atoms with van der Waals surface area (Å²) in [6.07, 6.45) is 5.66. The van der Waals surface area contributed by atoms with E-state index in [2.05, 4.69) is 22.1 Å². The predicted molar refractivity (Wildman–Crippen MR) is 92.2 cm³/mol. The molecule has 128 valence electrons. The highest BCUT2D eigenvalue weighted by Crippen LogP contribution is 2.34. The van der Waals surface area contributed by atoms with E-state index in [1.807, 2.05) is 31.2 Å². The number of aryl methyl sites for hydroxylation is 1. The van der Waals surface area contributed by atoms with Gasteiger partial charge >= 0.3 is 0 Å². The number of rotatable bonds is 5. The third-order valence-electron chi connectivity index (χ3n) is 4.62. The summed E-state index contributed by atoms with van der Waals surface area (Å²) < 4.78 is 5.83. The Labute approximate surface area is 143 Å². The van der Waals surface area contributed by atoms with Gasteiger partial charge in [0.05, 0.1) is 12.6 Å². The molecule has 0 bridgehead atoms. The molecule has 1 aliphatic heterocycles. The number of furan rings is 1. The van der Waals surface area contributed by atoms with Crippen LogP contribution in [0.5, 0.6) is 0 Å². The zero-order chi connectivity index (χ0) is 16.9. The van der Waals surface area contributed by atoms with E-state index in [1.165, 1.54) is 0 Å². The number of hydrogen-bond donors (Lipinski definition) is 1. The minimum atomic E-state index is 0.0432. The smallest absolute Gasteiger partial charge is 0.234 e. The molecule has 2 aromatic heterocycles. The van der Waals surface area contributed by atoms with Crippen molar-refractivity contribution in [1.29, 1.82) is 0 Å². The van der Waals surface area contributed by atoms with Crippen molar-refractivity contribution in [2.24, 2.45) is 5.92 Å². The maximum atomic E-state index is 12.3. The highest BCUT2D eigenvalue weighted by Gasteiger charge is 2.30. The summed E-state index contributed by atoms with van der Waals surface area (Å²) in [6.45, 7) is 6.06. The highest BCUT2D eigenvalue weighted by molar-refractivity contribution is 5.78. The Hall–Kier alpha value is -2.14. The summed E-state index contributed by atoms with van der Waals surface area (Å²) in [4.78, 5) is 18.6. The molecule has 0 radical (unpaired) electrons. The van der Waals surface area contributed by atoms with Crippen LogP contribution in [0, 0.1) is 12.8 Å². The minimum absolute atomic E-state index is 0.0432. The second-order valence-electron chi connectivity index (χ2n) is 6.70. The van der Waals surface area contributed by atoms with Gasteiger partial charge in [-0.1, -0.05) is 13.0 Å². The normalized spacial score (nSPS) is 21.6. The molecule has 1 fully saturated rings. The number of amides is 1. The maximum Gasteiger partial charge on any atom is 0.234 e. The Bertz CT molecular complexity index is 668. The van der Waals surface area contributed by atoms with E-state index in [0.29, 0.717) is 19.0 Å². The lowest BCUT2D eigenvalue weighted by atomic mass is 9.91. The van der Waals surface area contributed by atoms with Crippen molar-refractivity contribution < 1.29 is 9.21 Å². The number of carbonyl (C=O) groups excluding carboxylic acids is 1. The van der Waals surface area contributed by atoms with Crippen LogP contribution in [-0.2, 0) is 11.3 Å². The van der Waals surface area contributed by atoms with E-state index >= 15 is 0 Å². The van der Waals surface area contributed by atoms with Gasteiger partial charge in [0.1, 0.15) is 11.5 Å². The maximum absolute atomic E-state index is 12.3. The average Bonchev–Trinajstić information content (AvgIpc) is 3.02. The minimum Gasteiger partial charge on any atom is -0.465 e. The lowest BCUT2D eigenvalue weighted by molar-refractivity contribution is -0.123. The Morgan fingerprint density at radius 1 is 1.42 bits per heavy atom. The number of nitrogens with zero attached hydrogens (tertiary/aromatic N) is 2. The number of pyridine rings is 1. The van der Waals surface area contributed by atoms with Crippen LogP contribution in [-0.4, -0.2) is 28.9 Å². The Morgan fingerprint density at radius 3 is 3.00 bits per heavy atom. The highest BCUT2D eigenvalue weighted by atomic mass is 16.3. The second kappa shape index (κ2) is 7.62. The van der Waals surface area contributed by atoms with Crippen molar-refractivity contribution in [2.75, 3.05) is 13.1 Å². The quantitative estimate of drug-likeness (QED) is 0.917. The molecule has 0 aromatic carbocycles. The molecule has 5 nitrogen and oxygen atoms in total. The fourth-order valence-electron chi connectivity index (χ4n) is 3.25. The molecule has 1 aliphatic rings. The van der Waals surface area contributed by atoms with Crippen molar-refractivity contribution in [3.8, 4) is 0 Å². The number of carbonyl (C=O) groups is 1. The van der Waals surface area contributed by atoms with Gasteiger partial charge in [0.15, 0.2) is 0 Å². The van der Waals surface area contributed by atoms with Crippen molar-refractivity contribution in [1.82, 2.24) is 15.2 Å². The summed E-state index contributed by atoms with van der Waals surface area (Å²) >= 11 is 0. The molecule has 24 heavy (non-hydrogen) atoms. The summed E-state index contributed by atoms with van der Waals surface area (Å²) in [5.74, 6) is 2.58. The first kappa shape index (κ1) is 16.7. The number of piperidine rings is 1. The molecule has 5 heteroatoms. The first-order chi connectivity index (χ1) is 11.6. The molecule has 2 atom stereocenters. The summed E-state index contributed by atoms with van der Waals surface area (Å²) in [5, 5.41) is 2.98. The van der Waals surface area contributed by atoms with Crippen molar-refractivity contribution in [3.63, 3.8) is 0 Å². The average molecular weight is 327 g/mol. The zero-order valence-corrected chi connectivity index (χ0v) is 14.4. The van der Waals surface area contributed by atoms with Crippen LogP contribution in [0.1, 0.15) is 42.9 Å². The van der Waals surface area contributed by atoms with Gasteiger partial charge in [-0.2, -0.15) is 0 Å². The van der Waals surface area contributed by atoms with Crippen LogP contribution in [0.3, 0.4) is 0 Å². The fourth-order valence-corrected chi connectivity index (χ4v) is 3.25. The van der Waals surface area contributed by atoms with Crippen molar-refractivity contribution >= 4 is 5.91 Å².